The fourth-order valence-corrected chi connectivity index (χ4v) is 0.828. The molecular weight excluding hydrogens is 148 g/mol. The maximum absolute atomic E-state index is 8.50. The summed E-state index contributed by atoms with van der Waals surface area (Å²) < 4.78 is 0. The average Bonchev–Trinajstić information content (AvgIpc) is 1.96. The highest BCUT2D eigenvalue weighted by Crippen LogP contribution is 2.16. The zero-order valence-corrected chi connectivity index (χ0v) is 8.65. The van der Waals surface area contributed by atoms with Gasteiger partial charge in [-0.2, -0.15) is 5.26 Å². The van der Waals surface area contributed by atoms with Gasteiger partial charge in [-0.3, -0.25) is 0 Å². The van der Waals surface area contributed by atoms with E-state index < -0.39 is 0 Å². The van der Waals surface area contributed by atoms with Gasteiger partial charge in [0, 0.05) is 6.54 Å². The molecule has 0 saturated carbocycles. The van der Waals surface area contributed by atoms with Crippen molar-refractivity contribution in [1.29, 1.82) is 5.26 Å². The van der Waals surface area contributed by atoms with Gasteiger partial charge in [0.05, 0.1) is 12.0 Å². The first-order valence-electron chi connectivity index (χ1n) is 4.56. The normalized spacial score (nSPS) is 13.9. The molecule has 12 heavy (non-hydrogen) atoms. The van der Waals surface area contributed by atoms with Gasteiger partial charge in [0.2, 0.25) is 0 Å². The Morgan fingerprint density at radius 3 is 2.42 bits per heavy atom. The highest BCUT2D eigenvalue weighted by molar-refractivity contribution is 4.80. The Kier molecular flexibility index (Phi) is 4.92. The van der Waals surface area contributed by atoms with Crippen LogP contribution in [-0.4, -0.2) is 13.1 Å². The molecule has 1 atom stereocenters. The monoisotopic (exact) mass is 168 g/mol. The highest BCUT2D eigenvalue weighted by Gasteiger charge is 2.08. The summed E-state index contributed by atoms with van der Waals surface area (Å²) in [6.07, 6.45) is 1.16. The van der Waals surface area contributed by atoms with Crippen molar-refractivity contribution in [2.24, 2.45) is 11.3 Å². The van der Waals surface area contributed by atoms with Crippen LogP contribution in [0.1, 0.15) is 34.1 Å². The van der Waals surface area contributed by atoms with Crippen molar-refractivity contribution in [3.63, 3.8) is 0 Å². The van der Waals surface area contributed by atoms with Crippen LogP contribution >= 0.6 is 0 Å². The summed E-state index contributed by atoms with van der Waals surface area (Å²) in [6.45, 7) is 10.4. The molecule has 2 nitrogen and oxygen atoms in total. The molecular formula is C10H20N2. The van der Waals surface area contributed by atoms with E-state index in [9.17, 15) is 0 Å². The second kappa shape index (κ2) is 5.16. The Bertz CT molecular complexity index is 150. The summed E-state index contributed by atoms with van der Waals surface area (Å²) in [4.78, 5) is 0. The zero-order valence-electron chi connectivity index (χ0n) is 8.65. The average molecular weight is 168 g/mol. The van der Waals surface area contributed by atoms with Gasteiger partial charge in [-0.05, 0) is 25.3 Å². The van der Waals surface area contributed by atoms with Crippen LogP contribution in [0.5, 0.6) is 0 Å². The van der Waals surface area contributed by atoms with Crippen molar-refractivity contribution >= 4 is 0 Å². The Labute approximate surface area is 76.0 Å². The fourth-order valence-electron chi connectivity index (χ4n) is 0.828. The number of nitriles is 1. The molecule has 0 aliphatic carbocycles. The molecule has 2 heteroatoms. The minimum Gasteiger partial charge on any atom is -0.315 e. The van der Waals surface area contributed by atoms with Crippen LogP contribution in [0.2, 0.25) is 0 Å². The molecule has 1 unspecified atom stereocenters. The molecule has 0 aromatic rings. The SMILES string of the molecule is CC(C#N)CNCCC(C)(C)C. The molecule has 0 amide bonds. The Morgan fingerprint density at radius 2 is 2.00 bits per heavy atom. The molecule has 0 heterocycles. The van der Waals surface area contributed by atoms with Crippen LogP contribution in [0.3, 0.4) is 0 Å². The predicted octanol–water partition coefficient (Wildman–Crippen LogP) is 2.17. The van der Waals surface area contributed by atoms with Crippen LogP contribution < -0.4 is 5.32 Å². The lowest BCUT2D eigenvalue weighted by molar-refractivity contribution is 0.364. The van der Waals surface area contributed by atoms with E-state index in [1.807, 2.05) is 6.92 Å². The van der Waals surface area contributed by atoms with Crippen molar-refractivity contribution in [3.05, 3.63) is 0 Å². The van der Waals surface area contributed by atoms with E-state index in [0.717, 1.165) is 19.5 Å². The van der Waals surface area contributed by atoms with Crippen LogP contribution in [-0.2, 0) is 0 Å². The predicted molar refractivity (Wildman–Crippen MR) is 51.7 cm³/mol. The summed E-state index contributed by atoms with van der Waals surface area (Å²) in [5.74, 6) is 0.130. The Balaban J connectivity index is 3.29. The first kappa shape index (κ1) is 11.4. The van der Waals surface area contributed by atoms with E-state index in [2.05, 4.69) is 32.2 Å². The standard InChI is InChI=1S/C10H20N2/c1-9(7-11)8-12-6-5-10(2,3)4/h9,12H,5-6,8H2,1-4H3. The first-order chi connectivity index (χ1) is 5.45. The van der Waals surface area contributed by atoms with Crippen molar-refractivity contribution < 1.29 is 0 Å². The van der Waals surface area contributed by atoms with Crippen LogP contribution in [0.25, 0.3) is 0 Å². The lowest BCUT2D eigenvalue weighted by Crippen LogP contribution is -2.24. The van der Waals surface area contributed by atoms with E-state index in [1.165, 1.54) is 0 Å². The number of hydrogen-bond donors (Lipinski definition) is 1. The molecule has 70 valence electrons. The summed E-state index contributed by atoms with van der Waals surface area (Å²) in [6, 6.07) is 2.20. The van der Waals surface area contributed by atoms with E-state index in [4.69, 9.17) is 5.26 Å². The van der Waals surface area contributed by atoms with Gasteiger partial charge in [0.25, 0.3) is 0 Å². The lowest BCUT2D eigenvalue weighted by atomic mass is 9.92. The minimum atomic E-state index is 0.130. The fraction of sp³-hybridized carbons (Fsp3) is 0.900. The molecule has 0 aliphatic rings. The smallest absolute Gasteiger partial charge is 0.0666 e. The van der Waals surface area contributed by atoms with Crippen molar-refractivity contribution in [1.82, 2.24) is 5.32 Å². The highest BCUT2D eigenvalue weighted by atomic mass is 14.9. The largest absolute Gasteiger partial charge is 0.315 e. The number of nitrogens with zero attached hydrogens (tertiary/aromatic N) is 1. The maximum Gasteiger partial charge on any atom is 0.0666 e. The second-order valence-electron chi connectivity index (χ2n) is 4.54. The molecule has 0 bridgehead atoms. The van der Waals surface area contributed by atoms with Crippen LogP contribution in [0, 0.1) is 22.7 Å². The summed E-state index contributed by atoms with van der Waals surface area (Å²) in [5, 5.41) is 11.8. The number of hydrogen-bond acceptors (Lipinski definition) is 2. The van der Waals surface area contributed by atoms with Gasteiger partial charge in [0.15, 0.2) is 0 Å². The minimum absolute atomic E-state index is 0.130. The Hall–Kier alpha value is -0.550. The summed E-state index contributed by atoms with van der Waals surface area (Å²) >= 11 is 0. The summed E-state index contributed by atoms with van der Waals surface area (Å²) in [7, 11) is 0. The van der Waals surface area contributed by atoms with Crippen LogP contribution in [0.4, 0.5) is 0 Å². The van der Waals surface area contributed by atoms with Gasteiger partial charge >= 0.3 is 0 Å². The third-order valence-electron chi connectivity index (χ3n) is 1.72. The van der Waals surface area contributed by atoms with Gasteiger partial charge in [-0.25, -0.2) is 0 Å². The molecule has 0 saturated heterocycles. The topological polar surface area (TPSA) is 35.8 Å². The van der Waals surface area contributed by atoms with E-state index in [1.54, 1.807) is 0 Å². The molecule has 0 aliphatic heterocycles. The quantitative estimate of drug-likeness (QED) is 0.653. The van der Waals surface area contributed by atoms with Gasteiger partial charge < -0.3 is 5.32 Å². The zero-order chi connectivity index (χ0) is 9.61. The van der Waals surface area contributed by atoms with E-state index in [-0.39, 0.29) is 5.92 Å². The van der Waals surface area contributed by atoms with Crippen LogP contribution in [0.15, 0.2) is 0 Å². The third kappa shape index (κ3) is 7.56. The molecule has 0 aromatic carbocycles. The summed E-state index contributed by atoms with van der Waals surface area (Å²) in [5.41, 5.74) is 0.392. The number of nitrogens with one attached hydrogen (secondary N) is 1. The van der Waals surface area contributed by atoms with Crippen molar-refractivity contribution in [2.45, 2.75) is 34.1 Å². The number of rotatable bonds is 4. The molecule has 0 spiro atoms. The van der Waals surface area contributed by atoms with Crippen molar-refractivity contribution in [3.8, 4) is 6.07 Å². The molecule has 0 rings (SSSR count). The molecule has 0 radical (unpaired) electrons. The second-order valence-corrected chi connectivity index (χ2v) is 4.54. The van der Waals surface area contributed by atoms with E-state index in [0.29, 0.717) is 5.41 Å². The lowest BCUT2D eigenvalue weighted by Gasteiger charge is -2.18. The van der Waals surface area contributed by atoms with Gasteiger partial charge in [-0.15, -0.1) is 0 Å². The van der Waals surface area contributed by atoms with Gasteiger partial charge in [0.1, 0.15) is 0 Å². The maximum atomic E-state index is 8.50. The third-order valence-corrected chi connectivity index (χ3v) is 1.72. The molecule has 1 N–H and O–H groups in total. The first-order valence-corrected chi connectivity index (χ1v) is 4.56. The van der Waals surface area contributed by atoms with Crippen molar-refractivity contribution in [2.75, 3.05) is 13.1 Å². The Morgan fingerprint density at radius 1 is 1.42 bits per heavy atom. The molecule has 0 fully saturated rings. The molecule has 0 aromatic heterocycles. The van der Waals surface area contributed by atoms with E-state index >= 15 is 0 Å². The van der Waals surface area contributed by atoms with Gasteiger partial charge in [-0.1, -0.05) is 20.8 Å².